The molecule has 0 radical (unpaired) electrons. The summed E-state index contributed by atoms with van der Waals surface area (Å²) in [5, 5.41) is 21.5. The van der Waals surface area contributed by atoms with Crippen molar-refractivity contribution in [3.05, 3.63) is 28.5 Å². The standard InChI is InChI=1S/C11H10BrFN2O5/c12-6-3-5(1-2-7(6)13)14-11(20)15-8(10(18)19)4-9(16)17/h1-3,8H,4H2,(H,16,17)(H,18,19)(H2,14,15,20)/t8-/m0/s1. The summed E-state index contributed by atoms with van der Waals surface area (Å²) in [5.74, 6) is -3.35. The van der Waals surface area contributed by atoms with Gasteiger partial charge in [0.05, 0.1) is 10.9 Å². The van der Waals surface area contributed by atoms with Crippen molar-refractivity contribution in [3.63, 3.8) is 0 Å². The molecule has 0 saturated heterocycles. The molecule has 1 atom stereocenters. The molecule has 0 bridgehead atoms. The van der Waals surface area contributed by atoms with Gasteiger partial charge in [0.25, 0.3) is 0 Å². The third-order valence-electron chi connectivity index (χ3n) is 2.16. The Bertz CT molecular complexity index is 552. The van der Waals surface area contributed by atoms with Crippen LogP contribution in [-0.4, -0.2) is 34.2 Å². The third-order valence-corrected chi connectivity index (χ3v) is 2.77. The number of benzene rings is 1. The number of hydrogen-bond donors (Lipinski definition) is 4. The molecule has 0 aliphatic heterocycles. The van der Waals surface area contributed by atoms with E-state index in [4.69, 9.17) is 10.2 Å². The van der Waals surface area contributed by atoms with Crippen molar-refractivity contribution in [3.8, 4) is 0 Å². The number of hydrogen-bond acceptors (Lipinski definition) is 3. The molecule has 0 aliphatic carbocycles. The summed E-state index contributed by atoms with van der Waals surface area (Å²) in [6.07, 6.45) is -0.754. The van der Waals surface area contributed by atoms with Crippen LogP contribution in [0.2, 0.25) is 0 Å². The van der Waals surface area contributed by atoms with E-state index in [9.17, 15) is 18.8 Å². The largest absolute Gasteiger partial charge is 0.481 e. The zero-order valence-corrected chi connectivity index (χ0v) is 11.5. The van der Waals surface area contributed by atoms with E-state index in [0.29, 0.717) is 0 Å². The van der Waals surface area contributed by atoms with Gasteiger partial charge >= 0.3 is 18.0 Å². The third kappa shape index (κ3) is 4.84. The molecule has 7 nitrogen and oxygen atoms in total. The van der Waals surface area contributed by atoms with E-state index in [0.717, 1.165) is 6.07 Å². The number of urea groups is 1. The molecule has 0 fully saturated rings. The molecule has 20 heavy (non-hydrogen) atoms. The summed E-state index contributed by atoms with van der Waals surface area (Å²) >= 11 is 2.92. The van der Waals surface area contributed by atoms with Gasteiger partial charge in [0, 0.05) is 5.69 Å². The molecule has 0 heterocycles. The second-order valence-corrected chi connectivity index (χ2v) is 4.57. The number of anilines is 1. The summed E-state index contributed by atoms with van der Waals surface area (Å²) in [6.45, 7) is 0. The number of carbonyl (C=O) groups excluding carboxylic acids is 1. The minimum atomic E-state index is -1.56. The molecular formula is C11H10BrFN2O5. The zero-order valence-electron chi connectivity index (χ0n) is 9.89. The normalized spacial score (nSPS) is 11.5. The van der Waals surface area contributed by atoms with Crippen molar-refractivity contribution in [2.24, 2.45) is 0 Å². The van der Waals surface area contributed by atoms with Crippen LogP contribution in [-0.2, 0) is 9.59 Å². The van der Waals surface area contributed by atoms with Crippen molar-refractivity contribution in [1.29, 1.82) is 0 Å². The Morgan fingerprint density at radius 2 is 1.95 bits per heavy atom. The number of carboxylic acids is 2. The molecule has 0 spiro atoms. The van der Waals surface area contributed by atoms with Gasteiger partial charge in [-0.2, -0.15) is 0 Å². The first-order valence-electron chi connectivity index (χ1n) is 5.26. The summed E-state index contributed by atoms with van der Waals surface area (Å²) < 4.78 is 13.1. The average Bonchev–Trinajstić information content (AvgIpc) is 2.32. The highest BCUT2D eigenvalue weighted by Crippen LogP contribution is 2.19. The van der Waals surface area contributed by atoms with Gasteiger partial charge in [-0.25, -0.2) is 14.0 Å². The van der Waals surface area contributed by atoms with Gasteiger partial charge in [0.1, 0.15) is 11.9 Å². The Kier molecular flexibility index (Phi) is 5.44. The van der Waals surface area contributed by atoms with Crippen molar-refractivity contribution >= 4 is 39.6 Å². The SMILES string of the molecule is O=C(O)C[C@H](NC(=O)Nc1ccc(F)c(Br)c1)C(=O)O. The smallest absolute Gasteiger partial charge is 0.326 e. The van der Waals surface area contributed by atoms with Gasteiger partial charge in [0.2, 0.25) is 0 Å². The lowest BCUT2D eigenvalue weighted by atomic mass is 10.2. The highest BCUT2D eigenvalue weighted by molar-refractivity contribution is 9.10. The van der Waals surface area contributed by atoms with Crippen LogP contribution in [0.4, 0.5) is 14.9 Å². The number of rotatable bonds is 5. The number of aliphatic carboxylic acids is 2. The molecule has 9 heteroatoms. The van der Waals surface area contributed by atoms with Gasteiger partial charge in [-0.15, -0.1) is 0 Å². The number of carboxylic acid groups (broad SMARTS) is 2. The summed E-state index contributed by atoms with van der Waals surface area (Å²) in [6, 6.07) is 1.19. The van der Waals surface area contributed by atoms with Gasteiger partial charge in [-0.1, -0.05) is 0 Å². The Morgan fingerprint density at radius 1 is 1.30 bits per heavy atom. The highest BCUT2D eigenvalue weighted by atomic mass is 79.9. The average molecular weight is 349 g/mol. The van der Waals surface area contributed by atoms with E-state index >= 15 is 0 Å². The Hall–Kier alpha value is -2.16. The number of carbonyl (C=O) groups is 3. The lowest BCUT2D eigenvalue weighted by Crippen LogP contribution is -2.44. The highest BCUT2D eigenvalue weighted by Gasteiger charge is 2.23. The molecule has 0 aromatic heterocycles. The van der Waals surface area contributed by atoms with Crippen LogP contribution in [0, 0.1) is 5.82 Å². The number of nitrogens with one attached hydrogen (secondary N) is 2. The molecule has 1 aromatic carbocycles. The first-order chi connectivity index (χ1) is 9.29. The van der Waals surface area contributed by atoms with Crippen molar-refractivity contribution in [1.82, 2.24) is 5.32 Å². The molecule has 0 saturated carbocycles. The van der Waals surface area contributed by atoms with Gasteiger partial charge in [-0.05, 0) is 34.1 Å². The van der Waals surface area contributed by atoms with Crippen LogP contribution in [0.15, 0.2) is 22.7 Å². The van der Waals surface area contributed by atoms with Gasteiger partial charge in [0.15, 0.2) is 0 Å². The van der Waals surface area contributed by atoms with E-state index in [2.05, 4.69) is 21.2 Å². The van der Waals surface area contributed by atoms with Gasteiger partial charge in [-0.3, -0.25) is 4.79 Å². The molecule has 108 valence electrons. The molecule has 2 amide bonds. The van der Waals surface area contributed by atoms with Crippen molar-refractivity contribution < 1.29 is 29.0 Å². The summed E-state index contributed by atoms with van der Waals surface area (Å²) in [4.78, 5) is 32.7. The monoisotopic (exact) mass is 348 g/mol. The number of halogens is 2. The van der Waals surface area contributed by atoms with E-state index in [-0.39, 0.29) is 10.2 Å². The minimum absolute atomic E-state index is 0.121. The quantitative estimate of drug-likeness (QED) is 0.645. The Balaban J connectivity index is 2.67. The summed E-state index contributed by atoms with van der Waals surface area (Å²) in [7, 11) is 0. The lowest BCUT2D eigenvalue weighted by Gasteiger charge is -2.13. The fourth-order valence-corrected chi connectivity index (χ4v) is 1.65. The molecule has 0 unspecified atom stereocenters. The molecular weight excluding hydrogens is 339 g/mol. The molecule has 1 aromatic rings. The Morgan fingerprint density at radius 3 is 2.45 bits per heavy atom. The molecule has 1 rings (SSSR count). The fourth-order valence-electron chi connectivity index (χ4n) is 1.27. The first-order valence-corrected chi connectivity index (χ1v) is 6.06. The van der Waals surface area contributed by atoms with Crippen LogP contribution in [0.25, 0.3) is 0 Å². The second kappa shape index (κ2) is 6.85. The first kappa shape index (κ1) is 15.9. The minimum Gasteiger partial charge on any atom is -0.481 e. The summed E-state index contributed by atoms with van der Waals surface area (Å²) in [5.41, 5.74) is 0.218. The van der Waals surface area contributed by atoms with Gasteiger partial charge < -0.3 is 20.8 Å². The lowest BCUT2D eigenvalue weighted by molar-refractivity contribution is -0.145. The van der Waals surface area contributed by atoms with Crippen molar-refractivity contribution in [2.75, 3.05) is 5.32 Å². The number of amides is 2. The van der Waals surface area contributed by atoms with E-state index < -0.39 is 36.2 Å². The molecule has 0 aliphatic rings. The van der Waals surface area contributed by atoms with E-state index in [1.807, 2.05) is 5.32 Å². The predicted molar refractivity (Wildman–Crippen MR) is 69.9 cm³/mol. The Labute approximate surface area is 120 Å². The van der Waals surface area contributed by atoms with E-state index in [1.54, 1.807) is 0 Å². The topological polar surface area (TPSA) is 116 Å². The molecule has 4 N–H and O–H groups in total. The van der Waals surface area contributed by atoms with Crippen LogP contribution in [0.5, 0.6) is 0 Å². The van der Waals surface area contributed by atoms with Crippen molar-refractivity contribution in [2.45, 2.75) is 12.5 Å². The van der Waals surface area contributed by atoms with Crippen LogP contribution < -0.4 is 10.6 Å². The maximum absolute atomic E-state index is 13.0. The fraction of sp³-hybridized carbons (Fsp3) is 0.182. The van der Waals surface area contributed by atoms with Crippen LogP contribution in [0.3, 0.4) is 0 Å². The maximum Gasteiger partial charge on any atom is 0.326 e. The zero-order chi connectivity index (χ0) is 15.3. The maximum atomic E-state index is 13.0. The van der Waals surface area contributed by atoms with Crippen LogP contribution >= 0.6 is 15.9 Å². The predicted octanol–water partition coefficient (Wildman–Crippen LogP) is 1.64. The second-order valence-electron chi connectivity index (χ2n) is 3.72. The van der Waals surface area contributed by atoms with E-state index in [1.165, 1.54) is 12.1 Å². The van der Waals surface area contributed by atoms with Crippen LogP contribution in [0.1, 0.15) is 6.42 Å².